The van der Waals surface area contributed by atoms with Gasteiger partial charge in [-0.15, -0.1) is 0 Å². The van der Waals surface area contributed by atoms with Crippen molar-refractivity contribution >= 4 is 10.8 Å². The van der Waals surface area contributed by atoms with Crippen molar-refractivity contribution in [1.82, 2.24) is 4.90 Å². The second kappa shape index (κ2) is 6.91. The Morgan fingerprint density at radius 1 is 0.781 bits per heavy atom. The van der Waals surface area contributed by atoms with Gasteiger partial charge in [0, 0.05) is 29.8 Å². The smallest absolute Gasteiger partial charge is 0.134 e. The van der Waals surface area contributed by atoms with Crippen LogP contribution in [-0.4, -0.2) is 36.3 Å². The molecule has 1 saturated heterocycles. The summed E-state index contributed by atoms with van der Waals surface area (Å²) in [7, 11) is 0. The van der Waals surface area contributed by atoms with Gasteiger partial charge in [-0.05, 0) is 50.7 Å². The summed E-state index contributed by atoms with van der Waals surface area (Å²) >= 11 is 0. The zero-order chi connectivity index (χ0) is 21.2. The van der Waals surface area contributed by atoms with E-state index in [1.807, 2.05) is 12.1 Å². The first-order valence-electron chi connectivity index (χ1n) is 11.3. The van der Waals surface area contributed by atoms with Crippen molar-refractivity contribution in [2.45, 2.75) is 12.8 Å². The van der Waals surface area contributed by atoms with Gasteiger partial charge in [-0.1, -0.05) is 54.6 Å². The molecule has 7 rings (SSSR count). The molecule has 0 aromatic heterocycles. The average Bonchev–Trinajstić information content (AvgIpc) is 3.20. The van der Waals surface area contributed by atoms with Crippen molar-refractivity contribution in [3.05, 3.63) is 77.9 Å². The Morgan fingerprint density at radius 2 is 1.50 bits per heavy atom. The molecule has 4 aromatic carbocycles. The lowest BCUT2D eigenvalue weighted by molar-refractivity contribution is -0.0601. The van der Waals surface area contributed by atoms with Gasteiger partial charge in [0.1, 0.15) is 18.6 Å². The zero-order valence-electron chi connectivity index (χ0n) is 17.7. The van der Waals surface area contributed by atoms with Crippen molar-refractivity contribution in [2.24, 2.45) is 0 Å². The molecule has 0 amide bonds. The normalized spacial score (nSPS) is 17.4. The van der Waals surface area contributed by atoms with Crippen molar-refractivity contribution in [3.8, 4) is 39.1 Å². The lowest BCUT2D eigenvalue weighted by Gasteiger charge is -2.33. The fraction of sp³-hybridized carbons (Fsp3) is 0.214. The molecular weight excluding hydrogens is 398 g/mol. The Bertz CT molecular complexity index is 1380. The standard InChI is InChI=1S/C28H23NO3/c30-28(29-11-13-31-14-12-29)22-15-18-16-32-23-10-2-1-7-19(23)25(18)27-21-9-4-6-17-5-3-8-20(24(17)21)26(22)27/h1-10,15,28,30H,11-14,16H2. The minimum Gasteiger partial charge on any atom is -0.488 e. The molecule has 2 aliphatic heterocycles. The van der Waals surface area contributed by atoms with E-state index in [4.69, 9.17) is 9.47 Å². The molecule has 0 saturated carbocycles. The van der Waals surface area contributed by atoms with Crippen LogP contribution < -0.4 is 4.74 Å². The van der Waals surface area contributed by atoms with Crippen molar-refractivity contribution in [3.63, 3.8) is 0 Å². The second-order valence-corrected chi connectivity index (χ2v) is 8.77. The van der Waals surface area contributed by atoms with Crippen molar-refractivity contribution in [1.29, 1.82) is 0 Å². The van der Waals surface area contributed by atoms with Gasteiger partial charge in [0.15, 0.2) is 0 Å². The Labute approximate surface area is 186 Å². The third-order valence-electron chi connectivity index (χ3n) is 7.09. The summed E-state index contributed by atoms with van der Waals surface area (Å²) in [6, 6.07) is 23.5. The molecule has 158 valence electrons. The number of ether oxygens (including phenoxy) is 2. The van der Waals surface area contributed by atoms with E-state index in [-0.39, 0.29) is 0 Å². The maximum absolute atomic E-state index is 11.6. The number of hydrogen-bond donors (Lipinski definition) is 1. The topological polar surface area (TPSA) is 41.9 Å². The predicted molar refractivity (Wildman–Crippen MR) is 125 cm³/mol. The van der Waals surface area contributed by atoms with E-state index < -0.39 is 6.23 Å². The van der Waals surface area contributed by atoms with E-state index in [0.717, 1.165) is 41.1 Å². The number of morpholine rings is 1. The van der Waals surface area contributed by atoms with Gasteiger partial charge in [-0.3, -0.25) is 4.90 Å². The number of aliphatic hydroxyl groups excluding tert-OH is 1. The maximum Gasteiger partial charge on any atom is 0.134 e. The van der Waals surface area contributed by atoms with Crippen LogP contribution in [0.25, 0.3) is 44.2 Å². The third kappa shape index (κ3) is 2.49. The van der Waals surface area contributed by atoms with Crippen LogP contribution in [0, 0.1) is 0 Å². The molecular formula is C28H23NO3. The van der Waals surface area contributed by atoms with Crippen molar-refractivity contribution in [2.75, 3.05) is 26.3 Å². The highest BCUT2D eigenvalue weighted by molar-refractivity contribution is 6.19. The molecule has 1 atom stereocenters. The molecule has 1 unspecified atom stereocenters. The summed E-state index contributed by atoms with van der Waals surface area (Å²) in [6.45, 7) is 3.26. The Balaban J connectivity index is 1.57. The summed E-state index contributed by atoms with van der Waals surface area (Å²) in [4.78, 5) is 2.12. The quantitative estimate of drug-likeness (QED) is 0.416. The van der Waals surface area contributed by atoms with Gasteiger partial charge in [-0.25, -0.2) is 0 Å². The first kappa shape index (κ1) is 18.4. The van der Waals surface area contributed by atoms with Crippen LogP contribution in [0.2, 0.25) is 0 Å². The van der Waals surface area contributed by atoms with Gasteiger partial charge < -0.3 is 14.6 Å². The van der Waals surface area contributed by atoms with E-state index in [9.17, 15) is 5.11 Å². The highest BCUT2D eigenvalue weighted by Gasteiger charge is 2.34. The molecule has 0 bridgehead atoms. The van der Waals surface area contributed by atoms with Gasteiger partial charge in [-0.2, -0.15) is 0 Å². The van der Waals surface area contributed by atoms with Gasteiger partial charge in [0.2, 0.25) is 0 Å². The molecule has 3 aliphatic rings. The molecule has 0 spiro atoms. The molecule has 4 aromatic rings. The Hall–Kier alpha value is -3.18. The fourth-order valence-corrected chi connectivity index (χ4v) is 5.68. The highest BCUT2D eigenvalue weighted by atomic mass is 16.5. The number of nitrogens with zero attached hydrogens (tertiary/aromatic N) is 1. The minimum atomic E-state index is -0.681. The molecule has 4 heteroatoms. The Kier molecular flexibility index (Phi) is 3.97. The number of rotatable bonds is 2. The number of benzene rings is 4. The molecule has 1 N–H and O–H groups in total. The first-order valence-corrected chi connectivity index (χ1v) is 11.3. The van der Waals surface area contributed by atoms with Gasteiger partial charge >= 0.3 is 0 Å². The van der Waals surface area contributed by atoms with E-state index in [2.05, 4.69) is 59.5 Å². The summed E-state index contributed by atoms with van der Waals surface area (Å²) in [5.74, 6) is 0.923. The molecule has 32 heavy (non-hydrogen) atoms. The van der Waals surface area contributed by atoms with Crippen LogP contribution in [0.4, 0.5) is 0 Å². The summed E-state index contributed by atoms with van der Waals surface area (Å²) < 4.78 is 11.7. The molecule has 1 fully saturated rings. The van der Waals surface area contributed by atoms with Crippen LogP contribution in [0.3, 0.4) is 0 Å². The number of para-hydroxylation sites is 1. The average molecular weight is 421 g/mol. The van der Waals surface area contributed by atoms with Gasteiger partial charge in [0.05, 0.1) is 13.2 Å². The highest BCUT2D eigenvalue weighted by Crippen LogP contribution is 2.56. The minimum absolute atomic E-state index is 0.509. The van der Waals surface area contributed by atoms with Crippen LogP contribution in [0.15, 0.2) is 66.7 Å². The largest absolute Gasteiger partial charge is 0.488 e. The van der Waals surface area contributed by atoms with Crippen LogP contribution in [0.1, 0.15) is 17.4 Å². The van der Waals surface area contributed by atoms with E-state index in [0.29, 0.717) is 19.8 Å². The van der Waals surface area contributed by atoms with Crippen LogP contribution in [-0.2, 0) is 11.3 Å². The Morgan fingerprint density at radius 3 is 2.31 bits per heavy atom. The number of hydrogen-bond acceptors (Lipinski definition) is 4. The second-order valence-electron chi connectivity index (χ2n) is 8.77. The van der Waals surface area contributed by atoms with E-state index in [1.54, 1.807) is 0 Å². The maximum atomic E-state index is 11.6. The first-order chi connectivity index (χ1) is 15.8. The summed E-state index contributed by atoms with van der Waals surface area (Å²) in [5.41, 5.74) is 9.31. The van der Waals surface area contributed by atoms with Crippen LogP contribution >= 0.6 is 0 Å². The van der Waals surface area contributed by atoms with Gasteiger partial charge in [0.25, 0.3) is 0 Å². The monoisotopic (exact) mass is 421 g/mol. The molecule has 2 heterocycles. The third-order valence-corrected chi connectivity index (χ3v) is 7.09. The summed E-state index contributed by atoms with van der Waals surface area (Å²) in [5, 5.41) is 14.1. The van der Waals surface area contributed by atoms with Crippen molar-refractivity contribution < 1.29 is 14.6 Å². The molecule has 4 nitrogen and oxygen atoms in total. The van der Waals surface area contributed by atoms with Crippen LogP contribution in [0.5, 0.6) is 5.75 Å². The zero-order valence-corrected chi connectivity index (χ0v) is 17.7. The summed E-state index contributed by atoms with van der Waals surface area (Å²) in [6.07, 6.45) is -0.681. The van der Waals surface area contributed by atoms with E-state index >= 15 is 0 Å². The lowest BCUT2D eigenvalue weighted by atomic mass is 9.84. The van der Waals surface area contributed by atoms with E-state index in [1.165, 1.54) is 33.0 Å². The number of fused-ring (bicyclic) bond motifs is 7. The molecule has 0 radical (unpaired) electrons. The predicted octanol–water partition coefficient (Wildman–Crippen LogP) is 5.37. The SMILES string of the molecule is OC(c1cc2c(c3c1-c1cccc4cccc-3c14)-c1ccccc1OC2)N1CCOCC1. The fourth-order valence-electron chi connectivity index (χ4n) is 5.68. The molecule has 1 aliphatic carbocycles. The lowest BCUT2D eigenvalue weighted by Crippen LogP contribution is -2.39. The number of aliphatic hydroxyl groups is 1.